The zero-order valence-electron chi connectivity index (χ0n) is 19.4. The monoisotopic (exact) mass is 447 g/mol. The van der Waals surface area contributed by atoms with E-state index in [1.54, 1.807) is 24.2 Å². The van der Waals surface area contributed by atoms with E-state index in [-0.39, 0.29) is 0 Å². The summed E-state index contributed by atoms with van der Waals surface area (Å²) < 4.78 is 12.9. The Hall–Kier alpha value is -3.72. The van der Waals surface area contributed by atoms with E-state index in [0.717, 1.165) is 40.1 Å². The predicted molar refractivity (Wildman–Crippen MR) is 130 cm³/mol. The lowest BCUT2D eigenvalue weighted by atomic mass is 10.1. The van der Waals surface area contributed by atoms with Crippen LogP contribution in [0.2, 0.25) is 0 Å². The summed E-state index contributed by atoms with van der Waals surface area (Å²) in [5, 5.41) is 11.8. The summed E-state index contributed by atoms with van der Waals surface area (Å²) in [4.78, 5) is 13.7. The Bertz CT molecular complexity index is 1220. The van der Waals surface area contributed by atoms with Crippen molar-refractivity contribution in [2.75, 3.05) is 37.5 Å². The molecule has 4 rings (SSSR count). The molecule has 1 unspecified atom stereocenters. The third kappa shape index (κ3) is 5.38. The lowest BCUT2D eigenvalue weighted by Crippen LogP contribution is -2.17. The van der Waals surface area contributed by atoms with Crippen LogP contribution in [0.3, 0.4) is 0 Å². The first-order valence-corrected chi connectivity index (χ1v) is 10.9. The number of ether oxygens (including phenoxy) is 2. The number of hydrogen-bond acceptors (Lipinski definition) is 8. The highest BCUT2D eigenvalue weighted by Crippen LogP contribution is 2.32. The highest BCUT2D eigenvalue weighted by atomic mass is 16.5. The standard InChI is InChI=1S/C24H29N7O2/c1-5-33-15-16(2)11-26-23-22-18(8-9-25-23)12-27-24(30-22)29-20-7-6-17(10-21(20)32-4)19-13-28-31(3)14-19/h6-10,12-14,16H,5,11,15H2,1-4H3,(H,25,26)(H,27,29,30). The van der Waals surface area contributed by atoms with Gasteiger partial charge >= 0.3 is 0 Å². The number of fused-ring (bicyclic) bond motifs is 1. The van der Waals surface area contributed by atoms with Crippen molar-refractivity contribution >= 4 is 28.4 Å². The molecule has 1 atom stereocenters. The molecular weight excluding hydrogens is 418 g/mol. The minimum absolute atomic E-state index is 0.351. The van der Waals surface area contributed by atoms with Gasteiger partial charge in [0.2, 0.25) is 5.95 Å². The normalized spacial score (nSPS) is 12.0. The number of aryl methyl sites for hydroxylation is 1. The Morgan fingerprint density at radius 2 is 2.00 bits per heavy atom. The van der Waals surface area contributed by atoms with Crippen molar-refractivity contribution in [3.05, 3.63) is 49.1 Å². The van der Waals surface area contributed by atoms with Crippen LogP contribution in [0, 0.1) is 5.92 Å². The molecule has 0 saturated heterocycles. The van der Waals surface area contributed by atoms with Gasteiger partial charge in [-0.2, -0.15) is 5.10 Å². The molecule has 172 valence electrons. The van der Waals surface area contributed by atoms with E-state index in [1.165, 1.54) is 0 Å². The van der Waals surface area contributed by atoms with Crippen LogP contribution in [0.15, 0.2) is 49.1 Å². The van der Waals surface area contributed by atoms with E-state index in [1.807, 2.05) is 50.6 Å². The van der Waals surface area contributed by atoms with Crippen molar-refractivity contribution in [2.24, 2.45) is 13.0 Å². The number of hydrogen-bond donors (Lipinski definition) is 2. The molecule has 3 heterocycles. The van der Waals surface area contributed by atoms with Gasteiger partial charge in [-0.15, -0.1) is 0 Å². The van der Waals surface area contributed by atoms with E-state index in [9.17, 15) is 0 Å². The third-order valence-corrected chi connectivity index (χ3v) is 5.21. The highest BCUT2D eigenvalue weighted by molar-refractivity contribution is 5.88. The second-order valence-electron chi connectivity index (χ2n) is 7.88. The molecule has 0 radical (unpaired) electrons. The summed E-state index contributed by atoms with van der Waals surface area (Å²) in [5.74, 6) is 2.23. The fourth-order valence-corrected chi connectivity index (χ4v) is 3.46. The molecule has 0 spiro atoms. The lowest BCUT2D eigenvalue weighted by molar-refractivity contribution is 0.120. The second-order valence-corrected chi connectivity index (χ2v) is 7.88. The maximum atomic E-state index is 5.61. The number of nitrogens with one attached hydrogen (secondary N) is 2. The fourth-order valence-electron chi connectivity index (χ4n) is 3.46. The third-order valence-electron chi connectivity index (χ3n) is 5.21. The van der Waals surface area contributed by atoms with Gasteiger partial charge in [-0.25, -0.2) is 15.0 Å². The molecule has 2 N–H and O–H groups in total. The Balaban J connectivity index is 1.56. The van der Waals surface area contributed by atoms with Crippen molar-refractivity contribution in [3.63, 3.8) is 0 Å². The van der Waals surface area contributed by atoms with E-state index < -0.39 is 0 Å². The Morgan fingerprint density at radius 3 is 2.76 bits per heavy atom. The topological polar surface area (TPSA) is 99.0 Å². The molecule has 0 fully saturated rings. The summed E-state index contributed by atoms with van der Waals surface area (Å²) >= 11 is 0. The summed E-state index contributed by atoms with van der Waals surface area (Å²) in [5.41, 5.74) is 3.56. The van der Waals surface area contributed by atoms with Crippen molar-refractivity contribution in [1.82, 2.24) is 24.7 Å². The number of nitrogens with zero attached hydrogens (tertiary/aromatic N) is 5. The maximum absolute atomic E-state index is 5.61. The second kappa shape index (κ2) is 10.3. The molecule has 0 aliphatic heterocycles. The van der Waals surface area contributed by atoms with Crippen LogP contribution in [0.5, 0.6) is 5.75 Å². The van der Waals surface area contributed by atoms with Crippen LogP contribution in [-0.2, 0) is 11.8 Å². The van der Waals surface area contributed by atoms with Crippen molar-refractivity contribution in [3.8, 4) is 16.9 Å². The first-order chi connectivity index (χ1) is 16.1. The zero-order valence-corrected chi connectivity index (χ0v) is 19.4. The van der Waals surface area contributed by atoms with Crippen molar-refractivity contribution in [2.45, 2.75) is 13.8 Å². The number of pyridine rings is 1. The number of aromatic nitrogens is 5. The van der Waals surface area contributed by atoms with Crippen LogP contribution in [-0.4, -0.2) is 51.6 Å². The molecule has 4 aromatic rings. The van der Waals surface area contributed by atoms with Gasteiger partial charge in [-0.3, -0.25) is 4.68 Å². The summed E-state index contributed by atoms with van der Waals surface area (Å²) in [6, 6.07) is 7.83. The molecule has 3 aromatic heterocycles. The van der Waals surface area contributed by atoms with Gasteiger partial charge in [-0.1, -0.05) is 13.0 Å². The fraction of sp³-hybridized carbons (Fsp3) is 0.333. The number of rotatable bonds is 10. The van der Waals surface area contributed by atoms with Gasteiger partial charge < -0.3 is 20.1 Å². The highest BCUT2D eigenvalue weighted by Gasteiger charge is 2.12. The lowest BCUT2D eigenvalue weighted by Gasteiger charge is -2.15. The summed E-state index contributed by atoms with van der Waals surface area (Å²) in [6.45, 7) is 6.29. The smallest absolute Gasteiger partial charge is 0.227 e. The first kappa shape index (κ1) is 22.5. The molecule has 0 aliphatic carbocycles. The number of anilines is 3. The Labute approximate surface area is 193 Å². The quantitative estimate of drug-likeness (QED) is 0.372. The predicted octanol–water partition coefficient (Wildman–Crippen LogP) is 4.26. The van der Waals surface area contributed by atoms with Crippen LogP contribution in [0.1, 0.15) is 13.8 Å². The van der Waals surface area contributed by atoms with Crippen LogP contribution >= 0.6 is 0 Å². The van der Waals surface area contributed by atoms with Gasteiger partial charge in [0.05, 0.1) is 25.6 Å². The van der Waals surface area contributed by atoms with E-state index in [0.29, 0.717) is 30.8 Å². The Morgan fingerprint density at radius 1 is 1.12 bits per heavy atom. The van der Waals surface area contributed by atoms with Crippen LogP contribution in [0.25, 0.3) is 22.0 Å². The Kier molecular flexibility index (Phi) is 6.99. The molecule has 0 saturated carbocycles. The molecule has 9 heteroatoms. The van der Waals surface area contributed by atoms with E-state index >= 15 is 0 Å². The van der Waals surface area contributed by atoms with Gasteiger partial charge in [-0.05, 0) is 36.6 Å². The van der Waals surface area contributed by atoms with Crippen LogP contribution < -0.4 is 15.4 Å². The minimum Gasteiger partial charge on any atom is -0.495 e. The molecule has 33 heavy (non-hydrogen) atoms. The number of methoxy groups -OCH3 is 1. The van der Waals surface area contributed by atoms with Gasteiger partial charge in [0.25, 0.3) is 0 Å². The number of benzene rings is 1. The van der Waals surface area contributed by atoms with Gasteiger partial charge in [0.15, 0.2) is 5.82 Å². The van der Waals surface area contributed by atoms with Crippen LogP contribution in [0.4, 0.5) is 17.5 Å². The summed E-state index contributed by atoms with van der Waals surface area (Å²) in [6.07, 6.45) is 7.34. The van der Waals surface area contributed by atoms with Gasteiger partial charge in [0, 0.05) is 49.7 Å². The SMILES string of the molecule is CCOCC(C)CNc1nccc2cnc(Nc3ccc(-c4cnn(C)c4)cc3OC)nc12. The first-order valence-electron chi connectivity index (χ1n) is 10.9. The largest absolute Gasteiger partial charge is 0.495 e. The summed E-state index contributed by atoms with van der Waals surface area (Å²) in [7, 11) is 3.54. The van der Waals surface area contributed by atoms with Gasteiger partial charge in [0.1, 0.15) is 11.3 Å². The van der Waals surface area contributed by atoms with Crippen molar-refractivity contribution < 1.29 is 9.47 Å². The molecule has 0 aliphatic rings. The molecule has 0 bridgehead atoms. The average molecular weight is 448 g/mol. The average Bonchev–Trinajstić information content (AvgIpc) is 3.27. The molecular formula is C24H29N7O2. The van der Waals surface area contributed by atoms with Crippen molar-refractivity contribution in [1.29, 1.82) is 0 Å². The molecule has 1 aromatic carbocycles. The molecule has 0 amide bonds. The van der Waals surface area contributed by atoms with E-state index in [2.05, 4.69) is 32.6 Å². The molecule has 9 nitrogen and oxygen atoms in total. The minimum atomic E-state index is 0.351. The maximum Gasteiger partial charge on any atom is 0.227 e. The zero-order chi connectivity index (χ0) is 23.2. The van der Waals surface area contributed by atoms with E-state index in [4.69, 9.17) is 14.5 Å².